The van der Waals surface area contributed by atoms with E-state index in [-0.39, 0.29) is 50.2 Å². The number of rotatable bonds is 19. The molecule has 7 atom stereocenters. The number of phenolic OH excluding ortho intramolecular Hbond substituents is 1. The third kappa shape index (κ3) is 20.5. The molecule has 1 fully saturated rings. The third-order valence-corrected chi connectivity index (χ3v) is 11.3. The van der Waals surface area contributed by atoms with Crippen LogP contribution in [0.1, 0.15) is 104 Å². The number of primary amides is 3. The summed E-state index contributed by atoms with van der Waals surface area (Å²) in [6, 6.07) is 3.07. The zero-order valence-corrected chi connectivity index (χ0v) is 38.1. The average molecular weight is 927 g/mol. The number of hydrogen-bond acceptors (Lipinski definition) is 13. The number of phenols is 1. The van der Waals surface area contributed by atoms with Crippen molar-refractivity contribution in [2.45, 2.75) is 117 Å². The van der Waals surface area contributed by atoms with Crippen molar-refractivity contribution in [3.63, 3.8) is 0 Å². The van der Waals surface area contributed by atoms with Gasteiger partial charge in [0, 0.05) is 62.2 Å². The van der Waals surface area contributed by atoms with E-state index in [1.165, 1.54) is 12.1 Å². The van der Waals surface area contributed by atoms with Crippen LogP contribution in [-0.2, 0) is 64.0 Å². The molecule has 0 aliphatic carbocycles. The summed E-state index contributed by atoms with van der Waals surface area (Å²) < 4.78 is 0. The minimum atomic E-state index is -1.66. The summed E-state index contributed by atoms with van der Waals surface area (Å²) in [7, 11) is 0. The van der Waals surface area contributed by atoms with Gasteiger partial charge in [0.05, 0.1) is 38.1 Å². The van der Waals surface area contributed by atoms with E-state index in [4.69, 9.17) is 17.2 Å². The van der Waals surface area contributed by atoms with E-state index in [9.17, 15) is 62.6 Å². The maximum atomic E-state index is 14.1. The molecule has 1 heterocycles. The van der Waals surface area contributed by atoms with Crippen LogP contribution in [0.5, 0.6) is 5.75 Å². The van der Waals surface area contributed by atoms with Crippen LogP contribution < -0.4 is 43.8 Å². The molecule has 8 amide bonds. The van der Waals surface area contributed by atoms with Crippen molar-refractivity contribution in [3.8, 4) is 5.75 Å². The summed E-state index contributed by atoms with van der Waals surface area (Å²) >= 11 is 0. The molecule has 66 heavy (non-hydrogen) atoms. The predicted octanol–water partition coefficient (Wildman–Crippen LogP) is -0.933. The van der Waals surface area contributed by atoms with Crippen molar-refractivity contribution in [2.24, 2.45) is 52.7 Å². The smallest absolute Gasteiger partial charge is 0.236 e. The Kier molecular flexibility index (Phi) is 23.3. The van der Waals surface area contributed by atoms with Gasteiger partial charge in [0.2, 0.25) is 47.3 Å². The molecule has 12 N–H and O–H groups in total. The number of benzene rings is 1. The lowest BCUT2D eigenvalue weighted by Gasteiger charge is -2.28. The molecule has 0 spiro atoms. The fourth-order valence-electron chi connectivity index (χ4n) is 7.47. The molecule has 364 valence electrons. The van der Waals surface area contributed by atoms with Gasteiger partial charge in [-0.05, 0) is 55.2 Å². The molecule has 21 nitrogen and oxygen atoms in total. The van der Waals surface area contributed by atoms with Crippen molar-refractivity contribution in [2.75, 3.05) is 19.6 Å². The van der Waals surface area contributed by atoms with Crippen LogP contribution in [0.4, 0.5) is 0 Å². The Morgan fingerprint density at radius 3 is 2.03 bits per heavy atom. The molecular weight excluding hydrogens is 861 g/mol. The Labute approximate surface area is 383 Å². The van der Waals surface area contributed by atoms with Crippen molar-refractivity contribution in [1.29, 1.82) is 0 Å². The van der Waals surface area contributed by atoms with E-state index in [0.29, 0.717) is 12.0 Å². The lowest BCUT2D eigenvalue weighted by molar-refractivity contribution is -0.137. The SMILES string of the molecule is CC[C@H](C)[C@@H]1NC(=O)[C@H](Cc2ccc(O)cc2)CC(=O)CNC(=O)CC[C@@H](C(=O)NCC(=O)C[C@@H](CC(C)C)C(=O)NCC(N)=O)CC(=O)[C@H](CC(N)=O)NC(=O)[C@H](CCC(N)=O)CC1=O. The number of nitrogens with one attached hydrogen (secondary N) is 5. The molecule has 1 aliphatic heterocycles. The quantitative estimate of drug-likeness (QED) is 0.0811. The third-order valence-electron chi connectivity index (χ3n) is 11.3. The minimum Gasteiger partial charge on any atom is -0.508 e. The summed E-state index contributed by atoms with van der Waals surface area (Å²) in [4.78, 5) is 157. The molecule has 0 saturated carbocycles. The van der Waals surface area contributed by atoms with Crippen molar-refractivity contribution < 1.29 is 62.6 Å². The summed E-state index contributed by atoms with van der Waals surface area (Å²) in [5.41, 5.74) is 16.6. The topological polar surface area (TPSA) is 363 Å². The summed E-state index contributed by atoms with van der Waals surface area (Å²) in [6.07, 6.45) is -3.49. The Bertz CT molecular complexity index is 1950. The van der Waals surface area contributed by atoms with E-state index in [1.807, 2.05) is 13.8 Å². The van der Waals surface area contributed by atoms with Crippen LogP contribution in [0.2, 0.25) is 0 Å². The highest BCUT2D eigenvalue weighted by Crippen LogP contribution is 2.23. The number of ketones is 4. The van der Waals surface area contributed by atoms with Gasteiger partial charge in [0.1, 0.15) is 5.75 Å². The molecule has 0 aromatic heterocycles. The van der Waals surface area contributed by atoms with Gasteiger partial charge in [-0.2, -0.15) is 0 Å². The lowest BCUT2D eigenvalue weighted by Crippen LogP contribution is -2.50. The molecular formula is C45H66N8O13. The number of aromatic hydroxyl groups is 1. The first kappa shape index (κ1) is 55.6. The fourth-order valence-corrected chi connectivity index (χ4v) is 7.47. The highest BCUT2D eigenvalue weighted by atomic mass is 16.3. The minimum absolute atomic E-state index is 0.00763. The monoisotopic (exact) mass is 926 g/mol. The first-order valence-electron chi connectivity index (χ1n) is 22.1. The Hall–Kier alpha value is -6.54. The second-order valence-corrected chi connectivity index (χ2v) is 17.4. The van der Waals surface area contributed by atoms with Gasteiger partial charge in [0.15, 0.2) is 23.1 Å². The van der Waals surface area contributed by atoms with Crippen molar-refractivity contribution in [1.82, 2.24) is 26.6 Å². The van der Waals surface area contributed by atoms with Crippen LogP contribution in [0.3, 0.4) is 0 Å². The number of nitrogens with two attached hydrogens (primary N) is 3. The van der Waals surface area contributed by atoms with Crippen LogP contribution in [0.25, 0.3) is 0 Å². The number of carbonyl (C=O) groups is 12. The maximum Gasteiger partial charge on any atom is 0.236 e. The zero-order chi connectivity index (χ0) is 49.7. The van der Waals surface area contributed by atoms with Gasteiger partial charge in [-0.15, -0.1) is 0 Å². The van der Waals surface area contributed by atoms with E-state index in [1.54, 1.807) is 26.0 Å². The van der Waals surface area contributed by atoms with E-state index in [2.05, 4.69) is 26.6 Å². The molecule has 21 heteroatoms. The summed E-state index contributed by atoms with van der Waals surface area (Å²) in [6.45, 7) is 5.51. The van der Waals surface area contributed by atoms with E-state index in [0.717, 1.165) is 0 Å². The molecule has 1 saturated heterocycles. The zero-order valence-electron chi connectivity index (χ0n) is 38.1. The number of Topliss-reactive ketones (excluding diaryl/α,β-unsaturated/α-hetero) is 4. The Morgan fingerprint density at radius 2 is 1.44 bits per heavy atom. The highest BCUT2D eigenvalue weighted by Gasteiger charge is 2.36. The van der Waals surface area contributed by atoms with Crippen molar-refractivity contribution >= 4 is 70.4 Å². The number of carbonyl (C=O) groups excluding carboxylic acids is 12. The van der Waals surface area contributed by atoms with Crippen molar-refractivity contribution in [3.05, 3.63) is 29.8 Å². The summed E-state index contributed by atoms with van der Waals surface area (Å²) in [5, 5.41) is 22.3. The lowest BCUT2D eigenvalue weighted by atomic mass is 9.86. The van der Waals surface area contributed by atoms with Gasteiger partial charge in [-0.1, -0.05) is 46.2 Å². The first-order chi connectivity index (χ1) is 31.0. The normalized spacial score (nSPS) is 21.6. The van der Waals surface area contributed by atoms with Crippen LogP contribution in [-0.4, -0.2) is 107 Å². The van der Waals surface area contributed by atoms with E-state index < -0.39 is 164 Å². The number of hydrogen-bond donors (Lipinski definition) is 9. The number of amides is 8. The van der Waals surface area contributed by atoms with Crippen LogP contribution in [0.15, 0.2) is 24.3 Å². The molecule has 1 aliphatic rings. The van der Waals surface area contributed by atoms with Gasteiger partial charge < -0.3 is 48.9 Å². The fraction of sp³-hybridized carbons (Fsp3) is 0.600. The Balaban J connectivity index is 2.55. The standard InChI is InChI=1S/C45H66N8O13/c1-5-25(4)41-36(58)19-28(8-12-37(46)59)44(65)52-34(20-38(47)60)35(57)18-27(42(63)50-22-33(56)16-29(14-24(2)3)43(64)51-23-39(48)61)9-13-40(62)49-21-32(55)17-30(45(66)53-41)15-26-6-10-31(54)11-7-26/h6-7,10-11,24-25,27-30,34,41,54H,5,8-9,12-23H2,1-4H3,(H2,46,59)(H2,47,60)(H2,48,61)(H,49,62)(H,50,63)(H,51,64)(H,52,65)(H,53,66)/t25-,27+,28+,29+,30+,34-,41-/m0/s1. The van der Waals surface area contributed by atoms with Crippen LogP contribution >= 0.6 is 0 Å². The van der Waals surface area contributed by atoms with Gasteiger partial charge in [0.25, 0.3) is 0 Å². The summed E-state index contributed by atoms with van der Waals surface area (Å²) in [5.74, 6) is -14.3. The molecule has 1 aromatic rings. The molecule has 0 radical (unpaired) electrons. The molecule has 1 aromatic carbocycles. The second kappa shape index (κ2) is 27.7. The second-order valence-electron chi connectivity index (χ2n) is 17.4. The maximum absolute atomic E-state index is 14.1. The van der Waals surface area contributed by atoms with E-state index >= 15 is 0 Å². The van der Waals surface area contributed by atoms with Crippen LogP contribution in [0, 0.1) is 35.5 Å². The predicted molar refractivity (Wildman–Crippen MR) is 237 cm³/mol. The first-order valence-corrected chi connectivity index (χ1v) is 22.1. The largest absolute Gasteiger partial charge is 0.508 e. The average Bonchev–Trinajstić information content (AvgIpc) is 3.24. The Morgan fingerprint density at radius 1 is 0.788 bits per heavy atom. The molecule has 0 bridgehead atoms. The molecule has 0 unspecified atom stereocenters. The van der Waals surface area contributed by atoms with Gasteiger partial charge in [-0.25, -0.2) is 0 Å². The van der Waals surface area contributed by atoms with Gasteiger partial charge in [-0.3, -0.25) is 57.5 Å². The van der Waals surface area contributed by atoms with Gasteiger partial charge >= 0.3 is 0 Å². The highest BCUT2D eigenvalue weighted by molar-refractivity contribution is 5.99. The molecule has 2 rings (SSSR count).